The van der Waals surface area contributed by atoms with Crippen LogP contribution in [0.1, 0.15) is 26.7 Å². The summed E-state index contributed by atoms with van der Waals surface area (Å²) in [6, 6.07) is 2.13. The molecular formula is C10H19N3O. The molecule has 0 spiro atoms. The van der Waals surface area contributed by atoms with Crippen molar-refractivity contribution in [3.8, 4) is 6.07 Å². The van der Waals surface area contributed by atoms with E-state index < -0.39 is 6.23 Å². The normalized spacial score (nSPS) is 15.3. The van der Waals surface area contributed by atoms with Crippen molar-refractivity contribution in [2.24, 2.45) is 10.9 Å². The Morgan fingerprint density at radius 2 is 2.36 bits per heavy atom. The fraction of sp³-hybridized carbons (Fsp3) is 0.800. The van der Waals surface area contributed by atoms with Crippen LogP contribution in [0.25, 0.3) is 0 Å². The molecule has 0 fully saturated rings. The SMILES string of the molecule is CC=NCC(O)NCCC(C)CC#N. The van der Waals surface area contributed by atoms with Crippen molar-refractivity contribution >= 4 is 6.21 Å². The summed E-state index contributed by atoms with van der Waals surface area (Å²) in [6.45, 7) is 4.97. The second-order valence-corrected chi connectivity index (χ2v) is 3.35. The number of aliphatic hydroxyl groups is 1. The summed E-state index contributed by atoms with van der Waals surface area (Å²) in [5.74, 6) is 0.384. The second kappa shape index (κ2) is 8.67. The van der Waals surface area contributed by atoms with Crippen LogP contribution in [0.2, 0.25) is 0 Å². The van der Waals surface area contributed by atoms with Crippen molar-refractivity contribution < 1.29 is 5.11 Å². The van der Waals surface area contributed by atoms with E-state index >= 15 is 0 Å². The van der Waals surface area contributed by atoms with Gasteiger partial charge in [-0.2, -0.15) is 5.26 Å². The highest BCUT2D eigenvalue weighted by atomic mass is 16.3. The third kappa shape index (κ3) is 7.71. The summed E-state index contributed by atoms with van der Waals surface area (Å²) < 4.78 is 0. The van der Waals surface area contributed by atoms with Gasteiger partial charge in [-0.25, -0.2) is 0 Å². The first kappa shape index (κ1) is 13.1. The Morgan fingerprint density at radius 1 is 1.64 bits per heavy atom. The van der Waals surface area contributed by atoms with Gasteiger partial charge in [0.25, 0.3) is 0 Å². The fourth-order valence-corrected chi connectivity index (χ4v) is 1.02. The maximum absolute atomic E-state index is 9.33. The molecule has 2 N–H and O–H groups in total. The van der Waals surface area contributed by atoms with Crippen LogP contribution in [-0.4, -0.2) is 30.6 Å². The Bertz CT molecular complexity index is 198. The Labute approximate surface area is 85.7 Å². The third-order valence-corrected chi connectivity index (χ3v) is 1.92. The van der Waals surface area contributed by atoms with Gasteiger partial charge in [-0.05, 0) is 32.0 Å². The number of nitrogens with one attached hydrogen (secondary N) is 1. The van der Waals surface area contributed by atoms with Gasteiger partial charge in [-0.3, -0.25) is 10.3 Å². The predicted octanol–water partition coefficient (Wildman–Crippen LogP) is 0.925. The van der Waals surface area contributed by atoms with Crippen LogP contribution in [-0.2, 0) is 0 Å². The molecule has 2 atom stereocenters. The topological polar surface area (TPSA) is 68.4 Å². The highest BCUT2D eigenvalue weighted by Crippen LogP contribution is 2.04. The highest BCUT2D eigenvalue weighted by Gasteiger charge is 2.03. The fourth-order valence-electron chi connectivity index (χ4n) is 1.02. The molecule has 0 bridgehead atoms. The molecule has 0 aromatic carbocycles. The molecule has 4 heteroatoms. The van der Waals surface area contributed by atoms with Crippen molar-refractivity contribution in [2.45, 2.75) is 32.9 Å². The number of aliphatic imine (C=N–C) groups is 1. The van der Waals surface area contributed by atoms with E-state index in [9.17, 15) is 5.11 Å². The highest BCUT2D eigenvalue weighted by molar-refractivity contribution is 5.53. The van der Waals surface area contributed by atoms with Crippen LogP contribution in [0.5, 0.6) is 0 Å². The van der Waals surface area contributed by atoms with Crippen molar-refractivity contribution in [1.29, 1.82) is 5.26 Å². The van der Waals surface area contributed by atoms with Crippen molar-refractivity contribution in [3.63, 3.8) is 0 Å². The molecule has 0 aliphatic rings. The van der Waals surface area contributed by atoms with Crippen LogP contribution in [0.15, 0.2) is 4.99 Å². The van der Waals surface area contributed by atoms with E-state index in [4.69, 9.17) is 5.26 Å². The zero-order valence-electron chi connectivity index (χ0n) is 8.90. The molecule has 0 heterocycles. The van der Waals surface area contributed by atoms with Crippen LogP contribution >= 0.6 is 0 Å². The monoisotopic (exact) mass is 197 g/mol. The number of nitriles is 1. The smallest absolute Gasteiger partial charge is 0.124 e. The van der Waals surface area contributed by atoms with Crippen LogP contribution in [0, 0.1) is 17.2 Å². The molecule has 80 valence electrons. The summed E-state index contributed by atoms with van der Waals surface area (Å²) in [5, 5.41) is 20.7. The Morgan fingerprint density at radius 3 is 2.93 bits per heavy atom. The molecule has 0 aliphatic carbocycles. The average Bonchev–Trinajstić information content (AvgIpc) is 2.15. The predicted molar refractivity (Wildman–Crippen MR) is 57.1 cm³/mol. The molecule has 0 rings (SSSR count). The summed E-state index contributed by atoms with van der Waals surface area (Å²) in [4.78, 5) is 3.92. The van der Waals surface area contributed by atoms with E-state index in [0.717, 1.165) is 13.0 Å². The van der Waals surface area contributed by atoms with Crippen molar-refractivity contribution in [3.05, 3.63) is 0 Å². The molecule has 0 saturated carbocycles. The number of rotatable bonds is 7. The van der Waals surface area contributed by atoms with Gasteiger partial charge >= 0.3 is 0 Å². The van der Waals surface area contributed by atoms with Gasteiger partial charge in [0.05, 0.1) is 12.6 Å². The molecule has 2 unspecified atom stereocenters. The first-order valence-corrected chi connectivity index (χ1v) is 4.93. The molecule has 0 aromatic rings. The second-order valence-electron chi connectivity index (χ2n) is 3.35. The van der Waals surface area contributed by atoms with E-state index in [1.54, 1.807) is 6.21 Å². The van der Waals surface area contributed by atoms with E-state index in [1.165, 1.54) is 0 Å². The zero-order valence-corrected chi connectivity index (χ0v) is 8.90. The Balaban J connectivity index is 3.39. The molecule has 0 aromatic heterocycles. The van der Waals surface area contributed by atoms with Gasteiger partial charge in [0, 0.05) is 6.42 Å². The zero-order chi connectivity index (χ0) is 10.8. The van der Waals surface area contributed by atoms with Gasteiger partial charge in [0.2, 0.25) is 0 Å². The lowest BCUT2D eigenvalue weighted by Crippen LogP contribution is -2.32. The molecule has 0 amide bonds. The van der Waals surface area contributed by atoms with Crippen LogP contribution < -0.4 is 5.32 Å². The minimum Gasteiger partial charge on any atom is -0.377 e. The minimum absolute atomic E-state index is 0.384. The summed E-state index contributed by atoms with van der Waals surface area (Å²) in [5.41, 5.74) is 0. The lowest BCUT2D eigenvalue weighted by atomic mass is 10.1. The van der Waals surface area contributed by atoms with Gasteiger partial charge in [-0.1, -0.05) is 6.92 Å². The molecule has 0 radical (unpaired) electrons. The summed E-state index contributed by atoms with van der Waals surface area (Å²) in [7, 11) is 0. The third-order valence-electron chi connectivity index (χ3n) is 1.92. The van der Waals surface area contributed by atoms with E-state index in [-0.39, 0.29) is 0 Å². The van der Waals surface area contributed by atoms with E-state index in [0.29, 0.717) is 18.9 Å². The van der Waals surface area contributed by atoms with Gasteiger partial charge in [0.15, 0.2) is 0 Å². The van der Waals surface area contributed by atoms with Crippen LogP contribution in [0.4, 0.5) is 0 Å². The van der Waals surface area contributed by atoms with E-state index in [1.807, 2.05) is 13.8 Å². The number of hydrogen-bond acceptors (Lipinski definition) is 4. The first-order valence-electron chi connectivity index (χ1n) is 4.93. The van der Waals surface area contributed by atoms with Gasteiger partial charge in [-0.15, -0.1) is 0 Å². The molecular weight excluding hydrogens is 178 g/mol. The molecule has 14 heavy (non-hydrogen) atoms. The van der Waals surface area contributed by atoms with Crippen LogP contribution in [0.3, 0.4) is 0 Å². The Hall–Kier alpha value is -0.920. The first-order chi connectivity index (χ1) is 6.70. The van der Waals surface area contributed by atoms with Crippen molar-refractivity contribution in [1.82, 2.24) is 5.32 Å². The number of aliphatic hydroxyl groups excluding tert-OH is 1. The molecule has 0 aliphatic heterocycles. The number of nitrogens with zero attached hydrogens (tertiary/aromatic N) is 2. The molecule has 4 nitrogen and oxygen atoms in total. The average molecular weight is 197 g/mol. The molecule has 0 saturated heterocycles. The quantitative estimate of drug-likeness (QED) is 0.471. The van der Waals surface area contributed by atoms with E-state index in [2.05, 4.69) is 16.4 Å². The number of hydrogen-bond donors (Lipinski definition) is 2. The standard InChI is InChI=1S/C10H19N3O/c1-3-12-8-10(14)13-7-5-9(2)4-6-11/h3,9-10,13-14H,4-5,7-8H2,1-2H3. The maximum atomic E-state index is 9.33. The van der Waals surface area contributed by atoms with Crippen molar-refractivity contribution in [2.75, 3.05) is 13.1 Å². The van der Waals surface area contributed by atoms with Gasteiger partial charge < -0.3 is 5.11 Å². The van der Waals surface area contributed by atoms with Gasteiger partial charge in [0.1, 0.15) is 6.23 Å². The summed E-state index contributed by atoms with van der Waals surface area (Å²) in [6.07, 6.45) is 2.58. The Kier molecular flexibility index (Phi) is 8.10. The summed E-state index contributed by atoms with van der Waals surface area (Å²) >= 11 is 0. The lowest BCUT2D eigenvalue weighted by molar-refractivity contribution is 0.144. The minimum atomic E-state index is -0.569. The largest absolute Gasteiger partial charge is 0.377 e. The maximum Gasteiger partial charge on any atom is 0.124 e. The lowest BCUT2D eigenvalue weighted by Gasteiger charge is -2.12.